The van der Waals surface area contributed by atoms with Gasteiger partial charge in [0.15, 0.2) is 0 Å². The molecule has 8 nitrogen and oxygen atoms in total. The van der Waals surface area contributed by atoms with E-state index in [4.69, 9.17) is 18.0 Å². The van der Waals surface area contributed by atoms with Crippen LogP contribution in [0.3, 0.4) is 0 Å². The fraction of sp³-hybridized carbons (Fsp3) is 0.0455. The molecule has 160 valence electrons. The van der Waals surface area contributed by atoms with Crippen LogP contribution in [-0.2, 0) is 10.0 Å². The highest BCUT2D eigenvalue weighted by molar-refractivity contribution is 7.92. The summed E-state index contributed by atoms with van der Waals surface area (Å²) in [7, 11) is -4.05. The zero-order valence-corrected chi connectivity index (χ0v) is 18.1. The molecular formula is C22H15ClN4O4S. The summed E-state index contributed by atoms with van der Waals surface area (Å²) in [6.45, 7) is 1.58. The van der Waals surface area contributed by atoms with Crippen LogP contribution in [0.4, 0.5) is 5.69 Å². The summed E-state index contributed by atoms with van der Waals surface area (Å²) in [5.41, 5.74) is 1.25. The molecule has 0 unspecified atom stereocenters. The molecule has 4 rings (SSSR count). The van der Waals surface area contributed by atoms with Gasteiger partial charge in [-0.15, -0.1) is 6.42 Å². The van der Waals surface area contributed by atoms with Crippen LogP contribution >= 0.6 is 11.6 Å². The lowest BCUT2D eigenvalue weighted by Crippen LogP contribution is -2.29. The van der Waals surface area contributed by atoms with E-state index in [9.17, 15) is 18.0 Å². The van der Waals surface area contributed by atoms with Gasteiger partial charge in [-0.2, -0.15) is 0 Å². The Hall–Kier alpha value is -3.87. The van der Waals surface area contributed by atoms with E-state index in [1.807, 2.05) is 0 Å². The number of aromatic amines is 2. The van der Waals surface area contributed by atoms with Crippen molar-refractivity contribution in [2.24, 2.45) is 0 Å². The van der Waals surface area contributed by atoms with Crippen molar-refractivity contribution in [2.75, 3.05) is 4.72 Å². The van der Waals surface area contributed by atoms with Crippen LogP contribution in [0.2, 0.25) is 5.02 Å². The van der Waals surface area contributed by atoms with Crippen molar-refractivity contribution in [1.82, 2.24) is 15.0 Å². The Morgan fingerprint density at radius 3 is 2.25 bits per heavy atom. The number of aryl methyl sites for hydroxylation is 1. The Labute approximate surface area is 187 Å². The van der Waals surface area contributed by atoms with Crippen molar-refractivity contribution in [3.05, 3.63) is 85.5 Å². The van der Waals surface area contributed by atoms with E-state index < -0.39 is 21.1 Å². The standard InChI is InChI=1S/C22H15ClN4O4S/c1-3-13-4-6-14(7-5-13)20-16(23)9-15(11-24-20)27-32(30,31)19-10-18-17(8-12(19)2)25-21(28)22(29)26-18/h1,4-11,27H,2H3,(H,25,28)(H,26,29). The number of halogens is 1. The Morgan fingerprint density at radius 1 is 1.03 bits per heavy atom. The van der Waals surface area contributed by atoms with Crippen molar-refractivity contribution in [2.45, 2.75) is 11.8 Å². The second kappa shape index (κ2) is 8.00. The molecule has 10 heteroatoms. The van der Waals surface area contributed by atoms with E-state index in [0.717, 1.165) is 5.56 Å². The Morgan fingerprint density at radius 2 is 1.66 bits per heavy atom. The average Bonchev–Trinajstić information content (AvgIpc) is 2.74. The minimum absolute atomic E-state index is 0.0715. The van der Waals surface area contributed by atoms with E-state index in [0.29, 0.717) is 22.3 Å². The van der Waals surface area contributed by atoms with Gasteiger partial charge in [0.05, 0.1) is 38.5 Å². The number of nitrogens with one attached hydrogen (secondary N) is 3. The molecule has 0 amide bonds. The summed E-state index contributed by atoms with van der Waals surface area (Å²) in [5.74, 6) is 2.52. The van der Waals surface area contributed by atoms with Crippen LogP contribution in [0.25, 0.3) is 22.3 Å². The highest BCUT2D eigenvalue weighted by Gasteiger charge is 2.19. The SMILES string of the molecule is C#Cc1ccc(-c2ncc(NS(=O)(=O)c3cc4[nH]c(=O)c(=O)[nH]c4cc3C)cc2Cl)cc1. The fourth-order valence-corrected chi connectivity index (χ4v) is 4.75. The van der Waals surface area contributed by atoms with Crippen LogP contribution < -0.4 is 15.8 Å². The van der Waals surface area contributed by atoms with E-state index in [-0.39, 0.29) is 21.1 Å². The van der Waals surface area contributed by atoms with E-state index in [1.54, 1.807) is 31.2 Å². The molecule has 0 fully saturated rings. The molecule has 0 aliphatic heterocycles. The van der Waals surface area contributed by atoms with Crippen LogP contribution in [0.5, 0.6) is 0 Å². The molecule has 2 heterocycles. The van der Waals surface area contributed by atoms with Gasteiger partial charge < -0.3 is 9.97 Å². The molecule has 4 aromatic rings. The summed E-state index contributed by atoms with van der Waals surface area (Å²) < 4.78 is 28.4. The minimum Gasteiger partial charge on any atom is -0.316 e. The second-order valence-corrected chi connectivity index (χ2v) is 9.01. The third kappa shape index (κ3) is 4.01. The first-order valence-electron chi connectivity index (χ1n) is 9.20. The highest BCUT2D eigenvalue weighted by Crippen LogP contribution is 2.29. The topological polar surface area (TPSA) is 125 Å². The molecule has 3 N–H and O–H groups in total. The minimum atomic E-state index is -4.05. The summed E-state index contributed by atoms with van der Waals surface area (Å²) >= 11 is 6.34. The molecule has 0 atom stereocenters. The average molecular weight is 467 g/mol. The molecule has 0 saturated heterocycles. The van der Waals surface area contributed by atoms with Gasteiger partial charge in [0.25, 0.3) is 10.0 Å². The maximum atomic E-state index is 13.0. The maximum Gasteiger partial charge on any atom is 0.314 e. The van der Waals surface area contributed by atoms with Gasteiger partial charge in [-0.1, -0.05) is 29.7 Å². The van der Waals surface area contributed by atoms with Crippen molar-refractivity contribution in [3.8, 4) is 23.6 Å². The first-order chi connectivity index (χ1) is 15.2. The van der Waals surface area contributed by atoms with Crippen LogP contribution in [0.1, 0.15) is 11.1 Å². The van der Waals surface area contributed by atoms with Gasteiger partial charge in [-0.25, -0.2) is 8.42 Å². The number of terminal acetylenes is 1. The molecule has 0 radical (unpaired) electrons. The third-order valence-corrected chi connectivity index (χ3v) is 6.54. The number of anilines is 1. The summed E-state index contributed by atoms with van der Waals surface area (Å²) in [6.07, 6.45) is 6.71. The van der Waals surface area contributed by atoms with Crippen molar-refractivity contribution in [1.29, 1.82) is 0 Å². The van der Waals surface area contributed by atoms with Gasteiger partial charge in [0.1, 0.15) is 0 Å². The molecule has 0 bridgehead atoms. The smallest absolute Gasteiger partial charge is 0.314 e. The molecule has 0 saturated carbocycles. The fourth-order valence-electron chi connectivity index (χ4n) is 3.18. The first kappa shape index (κ1) is 21.4. The number of sulfonamides is 1. The van der Waals surface area contributed by atoms with E-state index >= 15 is 0 Å². The zero-order chi connectivity index (χ0) is 23.0. The first-order valence-corrected chi connectivity index (χ1v) is 11.1. The van der Waals surface area contributed by atoms with Crippen molar-refractivity contribution in [3.63, 3.8) is 0 Å². The predicted molar refractivity (Wildman–Crippen MR) is 123 cm³/mol. The van der Waals surface area contributed by atoms with Gasteiger partial charge in [-0.05, 0) is 42.8 Å². The molecule has 32 heavy (non-hydrogen) atoms. The number of H-pyrrole nitrogens is 2. The number of nitrogens with zero attached hydrogens (tertiary/aromatic N) is 1. The Kier molecular flexibility index (Phi) is 5.34. The molecule has 2 aromatic carbocycles. The normalized spacial score (nSPS) is 11.3. The lowest BCUT2D eigenvalue weighted by molar-refractivity contribution is 0.600. The maximum absolute atomic E-state index is 13.0. The van der Waals surface area contributed by atoms with Crippen molar-refractivity contribution < 1.29 is 8.42 Å². The van der Waals surface area contributed by atoms with Gasteiger partial charge in [0, 0.05) is 11.1 Å². The quantitative estimate of drug-likeness (QED) is 0.315. The summed E-state index contributed by atoms with van der Waals surface area (Å²) in [4.78, 5) is 32.1. The lowest BCUT2D eigenvalue weighted by Gasteiger charge is -2.12. The second-order valence-electron chi connectivity index (χ2n) is 6.95. The highest BCUT2D eigenvalue weighted by atomic mass is 35.5. The Bertz CT molecular complexity index is 1630. The summed E-state index contributed by atoms with van der Waals surface area (Å²) in [6, 6.07) is 11.3. The zero-order valence-electron chi connectivity index (χ0n) is 16.6. The molecule has 0 spiro atoms. The molecule has 0 aliphatic carbocycles. The molecule has 0 aliphatic rings. The number of hydrogen-bond donors (Lipinski definition) is 3. The van der Waals surface area contributed by atoms with Crippen LogP contribution in [-0.4, -0.2) is 23.4 Å². The molecular weight excluding hydrogens is 452 g/mol. The van der Waals surface area contributed by atoms with Crippen molar-refractivity contribution >= 4 is 38.3 Å². The number of pyridine rings is 1. The lowest BCUT2D eigenvalue weighted by atomic mass is 10.1. The van der Waals surface area contributed by atoms with Crippen LogP contribution in [0.15, 0.2) is 63.1 Å². The number of aromatic nitrogens is 3. The summed E-state index contributed by atoms with van der Waals surface area (Å²) in [5, 5.41) is 0.246. The largest absolute Gasteiger partial charge is 0.316 e. The predicted octanol–water partition coefficient (Wildman–Crippen LogP) is 3.02. The number of hydrogen-bond acceptors (Lipinski definition) is 5. The monoisotopic (exact) mass is 466 g/mol. The number of fused-ring (bicyclic) bond motifs is 1. The third-order valence-electron chi connectivity index (χ3n) is 4.73. The molecule has 2 aromatic heterocycles. The van der Waals surface area contributed by atoms with E-state index in [2.05, 4.69) is 25.6 Å². The van der Waals surface area contributed by atoms with Gasteiger partial charge >= 0.3 is 11.1 Å². The van der Waals surface area contributed by atoms with Gasteiger partial charge in [0.2, 0.25) is 0 Å². The van der Waals surface area contributed by atoms with Gasteiger partial charge in [-0.3, -0.25) is 19.3 Å². The number of rotatable bonds is 4. The van der Waals surface area contributed by atoms with E-state index in [1.165, 1.54) is 24.4 Å². The Balaban J connectivity index is 1.69. The van der Waals surface area contributed by atoms with Crippen LogP contribution in [0, 0.1) is 19.3 Å². The number of benzene rings is 2.